The van der Waals surface area contributed by atoms with Crippen LogP contribution in [0.25, 0.3) is 112 Å². The molecule has 11 aromatic rings. The maximum atomic E-state index is 6.49. The minimum absolute atomic E-state index is 0.589. The summed E-state index contributed by atoms with van der Waals surface area (Å²) in [6.45, 7) is 0. The van der Waals surface area contributed by atoms with Crippen molar-refractivity contribution in [2.75, 3.05) is 0 Å². The number of hydrogen-bond donors (Lipinski definition) is 0. The Bertz CT molecular complexity index is 3340. The summed E-state index contributed by atoms with van der Waals surface area (Å²) in [6.07, 6.45) is 0. The van der Waals surface area contributed by atoms with Crippen LogP contribution >= 0.6 is 0 Å². The monoisotopic (exact) mass is 779 g/mol. The predicted octanol–water partition coefficient (Wildman–Crippen LogP) is 15.1. The molecule has 0 radical (unpaired) electrons. The first-order valence-corrected chi connectivity index (χ1v) is 20.5. The van der Waals surface area contributed by atoms with Crippen LogP contribution in [0.15, 0.2) is 229 Å². The molecule has 0 amide bonds. The van der Waals surface area contributed by atoms with Gasteiger partial charge in [0.1, 0.15) is 11.2 Å². The van der Waals surface area contributed by atoms with E-state index in [1.54, 1.807) is 0 Å². The van der Waals surface area contributed by atoms with Gasteiger partial charge in [0.15, 0.2) is 17.5 Å². The van der Waals surface area contributed by atoms with Gasteiger partial charge in [-0.25, -0.2) is 15.0 Å². The Morgan fingerprint density at radius 3 is 1.34 bits per heavy atom. The zero-order valence-electron chi connectivity index (χ0n) is 33.1. The lowest BCUT2D eigenvalue weighted by Gasteiger charge is -2.12. The van der Waals surface area contributed by atoms with Gasteiger partial charge < -0.3 is 4.42 Å². The minimum Gasteiger partial charge on any atom is -0.456 e. The number of fused-ring (bicyclic) bond motifs is 3. The summed E-state index contributed by atoms with van der Waals surface area (Å²) in [7, 11) is 0. The minimum atomic E-state index is 0.589. The molecule has 2 aromatic heterocycles. The van der Waals surface area contributed by atoms with Crippen LogP contribution in [-0.2, 0) is 0 Å². The van der Waals surface area contributed by atoms with Gasteiger partial charge in [0.2, 0.25) is 0 Å². The number of rotatable bonds is 8. The van der Waals surface area contributed by atoms with Gasteiger partial charge in [0.25, 0.3) is 0 Å². The Hall–Kier alpha value is -8.21. The fourth-order valence-corrected chi connectivity index (χ4v) is 8.33. The van der Waals surface area contributed by atoms with Crippen molar-refractivity contribution in [1.29, 1.82) is 0 Å². The summed E-state index contributed by atoms with van der Waals surface area (Å²) in [5.74, 6) is 1.81. The molecule has 4 nitrogen and oxygen atoms in total. The number of nitrogens with zero attached hydrogens (tertiary/aromatic N) is 3. The van der Waals surface area contributed by atoms with Crippen molar-refractivity contribution in [3.8, 4) is 89.8 Å². The van der Waals surface area contributed by atoms with Gasteiger partial charge in [-0.05, 0) is 86.0 Å². The van der Waals surface area contributed by atoms with E-state index in [0.717, 1.165) is 66.4 Å². The molecule has 0 aliphatic heterocycles. The summed E-state index contributed by atoms with van der Waals surface area (Å²) >= 11 is 0. The molecule has 286 valence electrons. The van der Waals surface area contributed by atoms with Crippen molar-refractivity contribution in [2.24, 2.45) is 0 Å². The molecule has 0 N–H and O–H groups in total. The highest BCUT2D eigenvalue weighted by Crippen LogP contribution is 2.40. The highest BCUT2D eigenvalue weighted by molar-refractivity contribution is 6.12. The molecule has 0 aliphatic carbocycles. The highest BCUT2D eigenvalue weighted by atomic mass is 16.3. The van der Waals surface area contributed by atoms with Crippen LogP contribution in [0.1, 0.15) is 0 Å². The third-order valence-corrected chi connectivity index (χ3v) is 11.4. The van der Waals surface area contributed by atoms with Crippen molar-refractivity contribution >= 4 is 21.9 Å². The van der Waals surface area contributed by atoms with Crippen molar-refractivity contribution in [3.63, 3.8) is 0 Å². The second kappa shape index (κ2) is 15.5. The zero-order valence-corrected chi connectivity index (χ0v) is 33.1. The number of furan rings is 1. The van der Waals surface area contributed by atoms with Crippen molar-refractivity contribution in [2.45, 2.75) is 0 Å². The fourth-order valence-electron chi connectivity index (χ4n) is 8.33. The maximum Gasteiger partial charge on any atom is 0.164 e. The van der Waals surface area contributed by atoms with Crippen molar-refractivity contribution in [1.82, 2.24) is 15.0 Å². The number of hydrogen-bond acceptors (Lipinski definition) is 4. The van der Waals surface area contributed by atoms with Gasteiger partial charge in [-0.1, -0.05) is 194 Å². The van der Waals surface area contributed by atoms with Crippen LogP contribution in [0.3, 0.4) is 0 Å². The largest absolute Gasteiger partial charge is 0.456 e. The Morgan fingerprint density at radius 1 is 0.246 bits per heavy atom. The van der Waals surface area contributed by atoms with Crippen molar-refractivity contribution in [3.05, 3.63) is 224 Å². The Kier molecular flexibility index (Phi) is 9.14. The molecule has 0 aliphatic rings. The molecular weight excluding hydrogens is 743 g/mol. The maximum absolute atomic E-state index is 6.49. The van der Waals surface area contributed by atoms with Gasteiger partial charge in [0.05, 0.1) is 0 Å². The number of benzene rings is 9. The van der Waals surface area contributed by atoms with E-state index in [-0.39, 0.29) is 0 Å². The lowest BCUT2D eigenvalue weighted by molar-refractivity contribution is 0.669. The molecule has 0 saturated heterocycles. The predicted molar refractivity (Wildman–Crippen MR) is 251 cm³/mol. The molecule has 0 saturated carbocycles. The van der Waals surface area contributed by atoms with Crippen LogP contribution < -0.4 is 0 Å². The standard InChI is InChI=1S/C57H37N3O/c1-4-15-38(16-5-1)44-22-13-24-47(36-44)56-58-55(42-19-8-3-9-20-42)59-57(60-56)50-27-14-28-53-54(50)51-37-45(33-34-52(51)61-53)40-31-29-39(30-32-40)43-21-12-23-46(35-43)49-26-11-10-25-48(49)41-17-6-2-7-18-41/h1-37H. The molecule has 0 unspecified atom stereocenters. The average Bonchev–Trinajstić information content (AvgIpc) is 3.73. The van der Waals surface area contributed by atoms with E-state index in [1.807, 2.05) is 48.5 Å². The van der Waals surface area contributed by atoms with E-state index in [4.69, 9.17) is 19.4 Å². The third-order valence-electron chi connectivity index (χ3n) is 11.4. The van der Waals surface area contributed by atoms with E-state index < -0.39 is 0 Å². The smallest absolute Gasteiger partial charge is 0.164 e. The topological polar surface area (TPSA) is 51.8 Å². The van der Waals surface area contributed by atoms with Crippen molar-refractivity contribution < 1.29 is 4.42 Å². The first-order chi connectivity index (χ1) is 30.2. The third kappa shape index (κ3) is 6.96. The number of aromatic nitrogens is 3. The SMILES string of the molecule is c1ccc(-c2cccc(-c3nc(-c4ccccc4)nc(-c4cccc5oc6ccc(-c7ccc(-c8cccc(-c9ccccc9-c9ccccc9)c8)cc7)cc6c45)n3)c2)cc1. The summed E-state index contributed by atoms with van der Waals surface area (Å²) in [4.78, 5) is 15.3. The van der Waals surface area contributed by atoms with E-state index in [2.05, 4.69) is 176 Å². The van der Waals surface area contributed by atoms with E-state index in [1.165, 1.54) is 27.8 Å². The quantitative estimate of drug-likeness (QED) is 0.154. The summed E-state index contributed by atoms with van der Waals surface area (Å²) < 4.78 is 6.49. The summed E-state index contributed by atoms with van der Waals surface area (Å²) in [5.41, 5.74) is 15.9. The van der Waals surface area contributed by atoms with Crippen LogP contribution in [0.5, 0.6) is 0 Å². The molecule has 2 heterocycles. The van der Waals surface area contributed by atoms with E-state index in [9.17, 15) is 0 Å². The van der Waals surface area contributed by atoms with Crippen LogP contribution in [0.4, 0.5) is 0 Å². The van der Waals surface area contributed by atoms with Gasteiger partial charge in [-0.15, -0.1) is 0 Å². The van der Waals surface area contributed by atoms with Gasteiger partial charge >= 0.3 is 0 Å². The second-order valence-electron chi connectivity index (χ2n) is 15.2. The molecule has 0 spiro atoms. The molecule has 61 heavy (non-hydrogen) atoms. The molecule has 4 heteroatoms. The zero-order chi connectivity index (χ0) is 40.5. The Labute approximate surface area is 354 Å². The molecule has 11 rings (SSSR count). The lowest BCUT2D eigenvalue weighted by Crippen LogP contribution is -2.00. The van der Waals surface area contributed by atoms with Crippen LogP contribution in [0.2, 0.25) is 0 Å². The lowest BCUT2D eigenvalue weighted by atomic mass is 9.92. The highest BCUT2D eigenvalue weighted by Gasteiger charge is 2.19. The Morgan fingerprint density at radius 2 is 0.672 bits per heavy atom. The van der Waals surface area contributed by atoms with Gasteiger partial charge in [0, 0.05) is 27.5 Å². The summed E-state index contributed by atoms with van der Waals surface area (Å²) in [5, 5.41) is 1.98. The second-order valence-corrected chi connectivity index (χ2v) is 15.2. The molecule has 9 aromatic carbocycles. The fraction of sp³-hybridized carbons (Fsp3) is 0. The van der Waals surface area contributed by atoms with Crippen LogP contribution in [-0.4, -0.2) is 15.0 Å². The summed E-state index contributed by atoms with van der Waals surface area (Å²) in [6, 6.07) is 78.3. The molecule has 0 bridgehead atoms. The average molecular weight is 780 g/mol. The first kappa shape index (κ1) is 35.9. The van der Waals surface area contributed by atoms with E-state index >= 15 is 0 Å². The normalized spacial score (nSPS) is 11.3. The van der Waals surface area contributed by atoms with E-state index in [0.29, 0.717) is 17.5 Å². The first-order valence-electron chi connectivity index (χ1n) is 20.5. The molecule has 0 fully saturated rings. The molecular formula is C57H37N3O. The molecule has 0 atom stereocenters. The Balaban J connectivity index is 0.973. The van der Waals surface area contributed by atoms with Gasteiger partial charge in [-0.3, -0.25) is 0 Å². The van der Waals surface area contributed by atoms with Gasteiger partial charge in [-0.2, -0.15) is 0 Å². The van der Waals surface area contributed by atoms with Crippen LogP contribution in [0, 0.1) is 0 Å².